The lowest BCUT2D eigenvalue weighted by molar-refractivity contribution is 0.665. The van der Waals surface area contributed by atoms with Crippen LogP contribution in [0, 0.1) is 83.1 Å². The van der Waals surface area contributed by atoms with Gasteiger partial charge >= 0.3 is 0 Å². The Morgan fingerprint density at radius 1 is 0.136 bits per heavy atom. The molecule has 0 saturated carbocycles. The Labute approximate surface area is 835 Å². The quantitative estimate of drug-likeness (QED) is 0.152. The average Bonchev–Trinajstić information content (AvgIpc) is 1.63. The highest BCUT2D eigenvalue weighted by molar-refractivity contribution is 7.27. The van der Waals surface area contributed by atoms with E-state index in [4.69, 9.17) is 17.7 Å². The van der Waals surface area contributed by atoms with Crippen molar-refractivity contribution in [3.8, 4) is 0 Å². The highest BCUT2D eigenvalue weighted by Gasteiger charge is 2.14. The number of rotatable bonds is 0. The van der Waals surface area contributed by atoms with Crippen molar-refractivity contribution in [1.29, 1.82) is 0 Å². The van der Waals surface area contributed by atoms with Crippen molar-refractivity contribution in [3.05, 3.63) is 528 Å². The first-order valence-electron chi connectivity index (χ1n) is 47.5. The molecule has 0 saturated heterocycles. The molecule has 0 radical (unpaired) electrons. The van der Waals surface area contributed by atoms with Crippen LogP contribution >= 0.6 is 45.3 Å². The monoisotopic (exact) mass is 1890 g/mol. The van der Waals surface area contributed by atoms with Crippen molar-refractivity contribution in [2.45, 2.75) is 83.1 Å². The van der Waals surface area contributed by atoms with Gasteiger partial charge in [0, 0.05) is 124 Å². The number of hydrogen-bond acceptors (Lipinski definition) is 8. The van der Waals surface area contributed by atoms with Crippen molar-refractivity contribution < 1.29 is 17.7 Å². The molecule has 0 unspecified atom stereocenters. The van der Waals surface area contributed by atoms with Gasteiger partial charge in [0.2, 0.25) is 0 Å². The fraction of sp³-hybridized carbons (Fsp3) is 0.0909. The topological polar surface area (TPSA) is 52.6 Å². The number of fused-ring (bicyclic) bond motifs is 24. The molecule has 0 aliphatic heterocycles. The first kappa shape index (κ1) is 96.2. The normalized spacial score (nSPS) is 10.7. The molecule has 0 aliphatic carbocycles. The van der Waals surface area contributed by atoms with Gasteiger partial charge in [0.15, 0.2) is 0 Å². The van der Waals surface area contributed by atoms with Gasteiger partial charge in [-0.2, -0.15) is 0 Å². The minimum absolute atomic E-state index is 0.966. The second-order valence-electron chi connectivity index (χ2n) is 35.2. The van der Waals surface area contributed by atoms with Crippen LogP contribution in [0.15, 0.2) is 479 Å². The summed E-state index contributed by atoms with van der Waals surface area (Å²) in [5.74, 6) is 0. The second-order valence-corrected chi connectivity index (χ2v) is 39.5. The summed E-state index contributed by atoms with van der Waals surface area (Å²) in [7, 11) is 0. The average molecular weight is 1890 g/mol. The molecule has 0 bridgehead atoms. The zero-order chi connectivity index (χ0) is 96.8. The van der Waals surface area contributed by atoms with Crippen LogP contribution in [0.25, 0.3) is 168 Å². The molecule has 28 rings (SSSR count). The first-order valence-corrected chi connectivity index (χ1v) is 50.7. The van der Waals surface area contributed by atoms with Crippen LogP contribution in [0.3, 0.4) is 0 Å². The fourth-order valence-corrected chi connectivity index (χ4v) is 21.8. The molecule has 8 heterocycles. The maximum Gasteiger partial charge on any atom is 0.138 e. The van der Waals surface area contributed by atoms with Crippen LogP contribution in [0.2, 0.25) is 0 Å². The molecule has 28 aromatic rings. The highest BCUT2D eigenvalue weighted by Crippen LogP contribution is 2.41. The summed E-state index contributed by atoms with van der Waals surface area (Å²) in [5.41, 5.74) is 23.5. The lowest BCUT2D eigenvalue weighted by Crippen LogP contribution is -1.72. The number of thiophene rings is 4. The van der Waals surface area contributed by atoms with Crippen molar-refractivity contribution >= 4 is 214 Å². The second kappa shape index (κ2) is 46.1. The van der Waals surface area contributed by atoms with Crippen LogP contribution in [0.5, 0.6) is 0 Å². The zero-order valence-electron chi connectivity index (χ0n) is 81.1. The molecule has 140 heavy (non-hydrogen) atoms. The summed E-state index contributed by atoms with van der Waals surface area (Å²) in [6, 6.07) is 159. The number of hydrogen-bond donors (Lipinski definition) is 0. The summed E-state index contributed by atoms with van der Waals surface area (Å²) in [5, 5.41) is 20.8. The van der Waals surface area contributed by atoms with E-state index < -0.39 is 0 Å². The molecule has 0 atom stereocenters. The van der Waals surface area contributed by atoms with Crippen LogP contribution < -0.4 is 0 Å². The van der Waals surface area contributed by atoms with E-state index in [9.17, 15) is 0 Å². The van der Waals surface area contributed by atoms with Crippen molar-refractivity contribution in [1.82, 2.24) is 0 Å². The summed E-state index contributed by atoms with van der Waals surface area (Å²) < 4.78 is 34.1. The SMILES string of the molecule is Cc1ccc2c(c1)oc1ccccc12.Cc1ccc2c(c1)sc1ccccc12.Cc1ccc2oc3ccccc3c2c1.Cc1ccc2sc3ccccc3c2c1.Cc1cccc2c1oc1ccccc12.Cc1cccc2c1sc1ccccc12.Cc1cccc2oc3ccccc3c12.Cc1cccc2sc3ccccc3c12.Cc1ccccc1.Cc1ccccc1.Cc1ccccc1.Cc1ccccc1. The minimum atomic E-state index is 0.966. The Balaban J connectivity index is 0.000000106. The summed E-state index contributed by atoms with van der Waals surface area (Å²) in [6.45, 7) is 25.3. The number of furan rings is 4. The number of para-hydroxylation sites is 5. The predicted molar refractivity (Wildman–Crippen MR) is 615 cm³/mol. The Morgan fingerprint density at radius 3 is 0.986 bits per heavy atom. The van der Waals surface area contributed by atoms with Gasteiger partial charge in [0.1, 0.15) is 44.7 Å². The summed E-state index contributed by atoms with van der Waals surface area (Å²) in [4.78, 5) is 0. The number of benzene rings is 20. The molecule has 8 aromatic heterocycles. The van der Waals surface area contributed by atoms with Crippen molar-refractivity contribution in [2.75, 3.05) is 0 Å². The highest BCUT2D eigenvalue weighted by atomic mass is 32.1. The van der Waals surface area contributed by atoms with Crippen molar-refractivity contribution in [3.63, 3.8) is 0 Å². The summed E-state index contributed by atoms with van der Waals surface area (Å²) >= 11 is 7.51. The van der Waals surface area contributed by atoms with Gasteiger partial charge < -0.3 is 17.7 Å². The smallest absolute Gasteiger partial charge is 0.138 e. The van der Waals surface area contributed by atoms with E-state index in [1.54, 1.807) is 0 Å². The molecular weight excluding hydrogens is 1780 g/mol. The molecule has 8 heteroatoms. The Morgan fingerprint density at radius 2 is 0.436 bits per heavy atom. The maximum absolute atomic E-state index is 5.78. The third kappa shape index (κ3) is 23.6. The van der Waals surface area contributed by atoms with Gasteiger partial charge in [0.05, 0.1) is 0 Å². The molecule has 0 amide bonds. The Kier molecular flexibility index (Phi) is 31.7. The molecule has 0 spiro atoms. The molecule has 0 N–H and O–H groups in total. The Hall–Kier alpha value is -15.5. The third-order valence-electron chi connectivity index (χ3n) is 24.3. The third-order valence-corrected chi connectivity index (χ3v) is 29.1. The van der Waals surface area contributed by atoms with Crippen molar-refractivity contribution in [2.24, 2.45) is 0 Å². The fourth-order valence-electron chi connectivity index (χ4n) is 17.2. The maximum atomic E-state index is 5.78. The van der Waals surface area contributed by atoms with Gasteiger partial charge in [-0.05, 0) is 214 Å². The zero-order valence-corrected chi connectivity index (χ0v) is 84.4. The van der Waals surface area contributed by atoms with Crippen LogP contribution in [-0.4, -0.2) is 0 Å². The van der Waals surface area contributed by atoms with E-state index in [0.717, 1.165) is 44.7 Å². The number of aryl methyl sites for hydroxylation is 12. The van der Waals surface area contributed by atoms with E-state index in [1.165, 1.54) is 191 Å². The van der Waals surface area contributed by atoms with Gasteiger partial charge in [0.25, 0.3) is 0 Å². The standard InChI is InChI=1S/4C13H10O.4C13H10S.4C7H8/c1-9-5-4-7-11-10-6-2-3-8-12(10)14-13(9)11;1-9-5-4-8-12-13(9)10-6-2-3-7-11(10)14-12;1-9-6-7-13-11(8-9)10-4-2-3-5-12(10)14-13;1-9-6-7-11-10-4-2-3-5-12(10)14-13(11)8-9;1-9-5-4-7-11-10-6-2-3-8-12(10)14-13(9)11;1-9-5-4-8-12-13(9)10-6-2-3-7-11(10)14-12;1-9-6-7-13-11(8-9)10-4-2-3-5-12(10)14-13;1-9-6-7-11-10-4-2-3-5-12(10)14-13(11)8-9;4*1-7-5-3-2-4-6-7/h8*2-8H,1H3;4*2-6H,1H3. The van der Waals surface area contributed by atoms with E-state index in [-0.39, 0.29) is 0 Å². The van der Waals surface area contributed by atoms with E-state index in [0.29, 0.717) is 0 Å². The van der Waals surface area contributed by atoms with Crippen LogP contribution in [0.1, 0.15) is 66.8 Å². The van der Waals surface area contributed by atoms with Gasteiger partial charge in [-0.1, -0.05) is 397 Å². The van der Waals surface area contributed by atoms with Crippen LogP contribution in [0.4, 0.5) is 0 Å². The van der Waals surface area contributed by atoms with Gasteiger partial charge in [-0.25, -0.2) is 0 Å². The summed E-state index contributed by atoms with van der Waals surface area (Å²) in [6.07, 6.45) is 0. The van der Waals surface area contributed by atoms with E-state index >= 15 is 0 Å². The van der Waals surface area contributed by atoms with E-state index in [2.05, 4.69) is 380 Å². The lowest BCUT2D eigenvalue weighted by Gasteiger charge is -1.95. The molecule has 0 fully saturated rings. The lowest BCUT2D eigenvalue weighted by atomic mass is 10.1. The molecule has 0 aliphatic rings. The van der Waals surface area contributed by atoms with Gasteiger partial charge in [-0.15, -0.1) is 45.3 Å². The predicted octanol–water partition coefficient (Wildman–Crippen LogP) is 41.0. The van der Waals surface area contributed by atoms with Crippen LogP contribution in [-0.2, 0) is 0 Å². The Bertz CT molecular complexity index is 8320. The molecule has 20 aromatic carbocycles. The van der Waals surface area contributed by atoms with E-state index in [1.807, 2.05) is 209 Å². The molecule has 688 valence electrons. The largest absolute Gasteiger partial charge is 0.456 e. The van der Waals surface area contributed by atoms with Gasteiger partial charge in [-0.3, -0.25) is 0 Å². The molecule has 4 nitrogen and oxygen atoms in total. The first-order chi connectivity index (χ1) is 68.4. The minimum Gasteiger partial charge on any atom is -0.456 e. The molecular formula is C132H112O4S4.